The molecule has 29 aromatic rings. The van der Waals surface area contributed by atoms with Crippen molar-refractivity contribution in [2.45, 2.75) is 0 Å². The first-order valence-electron chi connectivity index (χ1n) is 46.2. The summed E-state index contributed by atoms with van der Waals surface area (Å²) in [6.07, 6.45) is 0. The first-order valence-corrected chi connectivity index (χ1v) is 46.2. The van der Waals surface area contributed by atoms with Gasteiger partial charge >= 0.3 is 0 Å². The Morgan fingerprint density at radius 3 is 0.612 bits per heavy atom. The van der Waals surface area contributed by atoms with Crippen molar-refractivity contribution < 1.29 is 0 Å². The zero-order valence-electron chi connectivity index (χ0n) is 72.6. The maximum atomic E-state index is 2.59. The molecule has 0 fully saturated rings. The molecule has 0 saturated heterocycles. The Morgan fingerprint density at radius 1 is 0.0970 bits per heavy atom. The summed E-state index contributed by atoms with van der Waals surface area (Å²) in [5.74, 6) is 0. The molecule has 0 saturated carbocycles. The van der Waals surface area contributed by atoms with Crippen molar-refractivity contribution in [3.63, 3.8) is 0 Å². The highest BCUT2D eigenvalue weighted by Gasteiger charge is 2.29. The van der Waals surface area contributed by atoms with E-state index in [4.69, 9.17) is 0 Å². The van der Waals surface area contributed by atoms with Gasteiger partial charge < -0.3 is 36.5 Å². The molecule has 0 bridgehead atoms. The normalized spacial score (nSPS) is 12.2. The van der Waals surface area contributed by atoms with E-state index >= 15 is 0 Å². The minimum atomic E-state index is 1.03. The molecule has 0 amide bonds. The van der Waals surface area contributed by atoms with E-state index in [2.05, 4.69) is 510 Å². The van der Waals surface area contributed by atoms with E-state index < -0.39 is 0 Å². The summed E-state index contributed by atoms with van der Waals surface area (Å²) >= 11 is 0. The number of hydrogen-bond acceptors (Lipinski definition) is 0. The second-order valence-corrected chi connectivity index (χ2v) is 35.8. The molecule has 0 unspecified atom stereocenters. The Labute approximate surface area is 768 Å². The fraction of sp³-hybridized carbons (Fsp3) is 0. The smallest absolute Gasteiger partial charge is 0.0641 e. The molecule has 21 aromatic carbocycles. The molecule has 0 aliphatic carbocycles. The Morgan fingerprint density at radius 2 is 0.291 bits per heavy atom. The predicted octanol–water partition coefficient (Wildman–Crippen LogP) is 33.1. The van der Waals surface area contributed by atoms with Crippen molar-refractivity contribution in [2.24, 2.45) is 0 Å². The minimum Gasteiger partial charge on any atom is -0.309 e. The van der Waals surface area contributed by atoms with Gasteiger partial charge in [0.05, 0.1) is 88.3 Å². The van der Waals surface area contributed by atoms with Crippen molar-refractivity contribution in [3.05, 3.63) is 473 Å². The summed E-state index contributed by atoms with van der Waals surface area (Å²) in [7, 11) is 0. The van der Waals surface area contributed by atoms with Crippen LogP contribution < -0.4 is 0 Å². The summed E-state index contributed by atoms with van der Waals surface area (Å²) < 4.78 is 20.1. The number of benzene rings is 21. The number of aromatic nitrogens is 8. The second-order valence-electron chi connectivity index (χ2n) is 35.8. The minimum absolute atomic E-state index is 1.03. The van der Waals surface area contributed by atoms with Gasteiger partial charge in [0, 0.05) is 132 Å². The number of para-hydroxylation sites is 12. The maximum Gasteiger partial charge on any atom is 0.0641 e. The van der Waals surface area contributed by atoms with E-state index in [1.807, 2.05) is 0 Å². The van der Waals surface area contributed by atoms with E-state index in [-0.39, 0.29) is 0 Å². The van der Waals surface area contributed by atoms with Gasteiger partial charge in [-0.2, -0.15) is 0 Å². The van der Waals surface area contributed by atoms with Gasteiger partial charge in [0.2, 0.25) is 0 Å². The van der Waals surface area contributed by atoms with Crippen LogP contribution in [0, 0.1) is 0 Å². The van der Waals surface area contributed by atoms with E-state index in [0.717, 1.165) is 134 Å². The van der Waals surface area contributed by atoms with Crippen LogP contribution in [0.25, 0.3) is 264 Å². The van der Waals surface area contributed by atoms with Crippen LogP contribution in [0.1, 0.15) is 0 Å². The number of nitrogens with zero attached hydrogens (tertiary/aromatic N) is 8. The van der Waals surface area contributed by atoms with Crippen LogP contribution in [-0.4, -0.2) is 36.5 Å². The van der Waals surface area contributed by atoms with Gasteiger partial charge in [0.25, 0.3) is 0 Å². The first-order chi connectivity index (χ1) is 66.5. The van der Waals surface area contributed by atoms with Crippen molar-refractivity contribution in [2.75, 3.05) is 0 Å². The quantitative estimate of drug-likeness (QED) is 0.117. The van der Waals surface area contributed by atoms with Gasteiger partial charge in [0.1, 0.15) is 0 Å². The Balaban J connectivity index is 0.679. The standard InChI is InChI=1S/C126H78N8/c1-5-37-87(38-6-1)127-111-58-25-17-50-103(111)119-115(127)66-62-101-97-48-15-23-56-109(97)133(125(101)119)91-45-31-36-83(73-91)81-34-29-32-79(70-81)80-33-30-35-82(71-80)84-72-85(75-92(74-84)134-110-57-24-16-49-98(110)102-63-67-116-120(126(102)134)104-51-18-26-59-112(104)128(116)88-39-7-2-8-40-88)86-76-93(129-113-60-27-19-52-105(113)121-117(129)68-64-99-95-46-13-21-54-107(95)131(123(99)121)89-41-9-3-10-42-89)78-94(77-86)130-114-61-28-20-53-106(114)122-118(130)69-65-100-96-47-14-22-55-108(96)132(124(100)122)90-43-11-4-12-44-90/h1-78H. The van der Waals surface area contributed by atoms with Crippen LogP contribution in [0.4, 0.5) is 0 Å². The molecule has 0 spiro atoms. The molecular formula is C126H78N8. The summed E-state index contributed by atoms with van der Waals surface area (Å²) in [5, 5.41) is 19.2. The molecule has 29 rings (SSSR count). The Hall–Kier alpha value is -18.0. The lowest BCUT2D eigenvalue weighted by molar-refractivity contribution is 1.13. The van der Waals surface area contributed by atoms with Crippen molar-refractivity contribution >= 4 is 174 Å². The zero-order chi connectivity index (χ0) is 87.5. The molecule has 8 aromatic heterocycles. The molecule has 0 atom stereocenters. The molecule has 8 heteroatoms. The van der Waals surface area contributed by atoms with Gasteiger partial charge in [-0.05, 0) is 226 Å². The third kappa shape index (κ3) is 10.8. The molecule has 622 valence electrons. The highest BCUT2D eigenvalue weighted by Crippen LogP contribution is 2.51. The van der Waals surface area contributed by atoms with Crippen LogP contribution in [-0.2, 0) is 0 Å². The van der Waals surface area contributed by atoms with Crippen LogP contribution in [0.15, 0.2) is 473 Å². The van der Waals surface area contributed by atoms with Crippen LogP contribution in [0.3, 0.4) is 0 Å². The summed E-state index contributed by atoms with van der Waals surface area (Å²) in [6, 6.07) is 177. The van der Waals surface area contributed by atoms with Gasteiger partial charge in [0.15, 0.2) is 0 Å². The fourth-order valence-electron chi connectivity index (χ4n) is 23.2. The fourth-order valence-corrected chi connectivity index (χ4v) is 23.2. The van der Waals surface area contributed by atoms with Gasteiger partial charge in [-0.25, -0.2) is 0 Å². The lowest BCUT2D eigenvalue weighted by atomic mass is 9.94. The monoisotopic (exact) mass is 1700 g/mol. The van der Waals surface area contributed by atoms with E-state index in [9.17, 15) is 0 Å². The van der Waals surface area contributed by atoms with Crippen molar-refractivity contribution in [3.8, 4) is 90.0 Å². The lowest BCUT2D eigenvalue weighted by Crippen LogP contribution is -2.01. The molecule has 134 heavy (non-hydrogen) atoms. The Kier molecular flexibility index (Phi) is 15.9. The second kappa shape index (κ2) is 28.8. The highest BCUT2D eigenvalue weighted by molar-refractivity contribution is 6.31. The molecule has 0 aliphatic rings. The summed E-state index contributed by atoms with van der Waals surface area (Å²) in [4.78, 5) is 0. The topological polar surface area (TPSA) is 39.4 Å². The van der Waals surface area contributed by atoms with Crippen LogP contribution in [0.5, 0.6) is 0 Å². The van der Waals surface area contributed by atoms with Crippen LogP contribution in [0.2, 0.25) is 0 Å². The molecule has 8 nitrogen and oxygen atoms in total. The van der Waals surface area contributed by atoms with Crippen molar-refractivity contribution in [1.29, 1.82) is 0 Å². The Bertz CT molecular complexity index is 9770. The summed E-state index contributed by atoms with van der Waals surface area (Å²) in [5.41, 5.74) is 35.9. The number of fused-ring (bicyclic) bond motifs is 28. The maximum absolute atomic E-state index is 2.59. The zero-order valence-corrected chi connectivity index (χ0v) is 72.6. The van der Waals surface area contributed by atoms with E-state index in [1.165, 1.54) is 130 Å². The van der Waals surface area contributed by atoms with Gasteiger partial charge in [-0.15, -0.1) is 0 Å². The third-order valence-electron chi connectivity index (χ3n) is 28.7. The van der Waals surface area contributed by atoms with Crippen molar-refractivity contribution in [1.82, 2.24) is 36.5 Å². The number of rotatable bonds is 12. The average molecular weight is 1700 g/mol. The predicted molar refractivity (Wildman–Crippen MR) is 563 cm³/mol. The lowest BCUT2D eigenvalue weighted by Gasteiger charge is -2.18. The highest BCUT2D eigenvalue weighted by atomic mass is 15.1. The molecule has 8 heterocycles. The summed E-state index contributed by atoms with van der Waals surface area (Å²) in [6.45, 7) is 0. The molecular weight excluding hydrogens is 1630 g/mol. The SMILES string of the molecule is c1ccc(-n2c3ccccc3c3c2ccc2c4ccccc4n(-c4cccc(-c5cccc(-c6cccc(-c7cc(-c8cc(-n9c%10ccccc%10c%10c9ccc9c%11ccccc%11n(-c%11ccccc%11)c9%10)cc(-n9c%10ccccc%10c%10c9ccc9c%11ccccc%11n(-c%11ccccc%11)c9%10)c8)cc(-n8c9ccccc9c9ccc%10c(c%11ccccc%11n%10-c%10ccccc%10)c98)c7)c6)c5)c4)c23)cc1. The van der Waals surface area contributed by atoms with E-state index in [1.54, 1.807) is 0 Å². The third-order valence-corrected chi connectivity index (χ3v) is 28.7. The first kappa shape index (κ1) is 74.0. The molecule has 0 aliphatic heterocycles. The van der Waals surface area contributed by atoms with Gasteiger partial charge in [-0.3, -0.25) is 0 Å². The molecule has 0 N–H and O–H groups in total. The van der Waals surface area contributed by atoms with Gasteiger partial charge in [-0.1, -0.05) is 291 Å². The number of hydrogen-bond donors (Lipinski definition) is 0. The largest absolute Gasteiger partial charge is 0.309 e. The molecule has 0 radical (unpaired) electrons. The average Bonchev–Trinajstić information content (AvgIpc) is 1.55. The van der Waals surface area contributed by atoms with E-state index in [0.29, 0.717) is 0 Å². The van der Waals surface area contributed by atoms with Crippen LogP contribution >= 0.6 is 0 Å².